The first-order valence-corrected chi connectivity index (χ1v) is 11.9. The lowest BCUT2D eigenvalue weighted by molar-refractivity contribution is -0.895. The first kappa shape index (κ1) is 26.2. The summed E-state index contributed by atoms with van der Waals surface area (Å²) in [6.07, 6.45) is 0. The zero-order valence-corrected chi connectivity index (χ0v) is 21.3. The van der Waals surface area contributed by atoms with Gasteiger partial charge in [-0.25, -0.2) is 0 Å². The molecule has 35 heavy (non-hydrogen) atoms. The van der Waals surface area contributed by atoms with E-state index in [1.807, 2.05) is 0 Å². The van der Waals surface area contributed by atoms with Crippen LogP contribution in [0.1, 0.15) is 41.4 Å². The Balaban J connectivity index is 2.09. The Hall–Kier alpha value is -3.39. The van der Waals surface area contributed by atoms with Crippen LogP contribution in [0.3, 0.4) is 0 Å². The molecule has 8 nitrogen and oxygen atoms in total. The number of likely N-dealkylation sites (tertiary alicyclic amines) is 1. The molecule has 1 N–H and O–H groups in total. The van der Waals surface area contributed by atoms with Gasteiger partial charge in [-0.05, 0) is 62.2 Å². The van der Waals surface area contributed by atoms with E-state index in [9.17, 15) is 14.4 Å². The van der Waals surface area contributed by atoms with Gasteiger partial charge in [-0.3, -0.25) is 14.4 Å². The smallest absolute Gasteiger partial charge is 0.291 e. The molecule has 0 aromatic heterocycles. The predicted molar refractivity (Wildman–Crippen MR) is 131 cm³/mol. The van der Waals surface area contributed by atoms with Crippen molar-refractivity contribution in [2.45, 2.75) is 26.8 Å². The number of nitrogens with one attached hydrogen (secondary N) is 1. The number of methoxy groups -OCH3 is 3. The molecule has 0 radical (unpaired) electrons. The Kier molecular flexibility index (Phi) is 8.51. The molecule has 1 saturated heterocycles. The fraction of sp³-hybridized carbons (Fsp3) is 0.444. The zero-order chi connectivity index (χ0) is 25.7. The number of likely N-dealkylation sites (N-methyl/N-ethyl adjacent to an activating group) is 1. The van der Waals surface area contributed by atoms with E-state index in [0.717, 1.165) is 13.1 Å². The SMILES string of the molecule is CC[NH+](CC)CCN1C(=O)C(=O)C(C(=O)c2ccc(OC)cc2C)C1c1ccc(OC)c(OC)c1. The molecule has 0 spiro atoms. The highest BCUT2D eigenvalue weighted by Crippen LogP contribution is 2.41. The average Bonchev–Trinajstić information content (AvgIpc) is 3.13. The van der Waals surface area contributed by atoms with E-state index in [1.54, 1.807) is 55.3 Å². The highest BCUT2D eigenvalue weighted by Gasteiger charge is 2.52. The fourth-order valence-corrected chi connectivity index (χ4v) is 4.73. The molecule has 0 bridgehead atoms. The van der Waals surface area contributed by atoms with Gasteiger partial charge in [0.15, 0.2) is 17.3 Å². The summed E-state index contributed by atoms with van der Waals surface area (Å²) < 4.78 is 16.1. The number of quaternary nitrogens is 1. The van der Waals surface area contributed by atoms with Crippen LogP contribution in [0.15, 0.2) is 36.4 Å². The van der Waals surface area contributed by atoms with Crippen LogP contribution in [0.4, 0.5) is 0 Å². The van der Waals surface area contributed by atoms with Crippen molar-refractivity contribution in [3.05, 3.63) is 53.1 Å². The van der Waals surface area contributed by atoms with E-state index in [1.165, 1.54) is 19.1 Å². The van der Waals surface area contributed by atoms with Crippen LogP contribution in [0.25, 0.3) is 0 Å². The number of Topliss-reactive ketones (excluding diaryl/α,β-unsaturated/α-hetero) is 2. The highest BCUT2D eigenvalue weighted by atomic mass is 16.5. The number of carbonyl (C=O) groups excluding carboxylic acids is 3. The van der Waals surface area contributed by atoms with E-state index in [0.29, 0.717) is 47.0 Å². The van der Waals surface area contributed by atoms with Crippen molar-refractivity contribution in [2.75, 3.05) is 47.5 Å². The molecule has 1 fully saturated rings. The van der Waals surface area contributed by atoms with Crippen LogP contribution >= 0.6 is 0 Å². The van der Waals surface area contributed by atoms with Gasteiger partial charge in [0.05, 0.1) is 53.6 Å². The summed E-state index contributed by atoms with van der Waals surface area (Å²) in [6, 6.07) is 9.62. The fourth-order valence-electron chi connectivity index (χ4n) is 4.73. The summed E-state index contributed by atoms with van der Waals surface area (Å²) in [5, 5.41) is 0. The van der Waals surface area contributed by atoms with Gasteiger partial charge in [0, 0.05) is 5.56 Å². The largest absolute Gasteiger partial charge is 0.497 e. The van der Waals surface area contributed by atoms with Crippen molar-refractivity contribution in [3.8, 4) is 17.2 Å². The zero-order valence-electron chi connectivity index (χ0n) is 21.3. The molecule has 2 aromatic carbocycles. The molecule has 1 aliphatic heterocycles. The minimum Gasteiger partial charge on any atom is -0.497 e. The molecular weight excluding hydrogens is 448 g/mol. The third kappa shape index (κ3) is 5.17. The summed E-state index contributed by atoms with van der Waals surface area (Å²) in [6.45, 7) is 8.82. The topological polar surface area (TPSA) is 86.6 Å². The molecule has 2 unspecified atom stereocenters. The summed E-state index contributed by atoms with van der Waals surface area (Å²) in [5.74, 6) is -1.22. The summed E-state index contributed by atoms with van der Waals surface area (Å²) >= 11 is 0. The number of hydrogen-bond acceptors (Lipinski definition) is 6. The molecule has 2 atom stereocenters. The van der Waals surface area contributed by atoms with Gasteiger partial charge in [-0.15, -0.1) is 0 Å². The molecule has 0 aliphatic carbocycles. The van der Waals surface area contributed by atoms with Gasteiger partial charge in [-0.2, -0.15) is 0 Å². The number of ketones is 2. The number of benzene rings is 2. The molecule has 0 saturated carbocycles. The molecule has 1 heterocycles. The minimum absolute atomic E-state index is 0.367. The van der Waals surface area contributed by atoms with E-state index in [-0.39, 0.29) is 5.78 Å². The molecule has 3 rings (SSSR count). The normalized spacial score (nSPS) is 17.7. The van der Waals surface area contributed by atoms with Gasteiger partial charge >= 0.3 is 0 Å². The molecule has 1 amide bonds. The van der Waals surface area contributed by atoms with E-state index >= 15 is 0 Å². The highest BCUT2D eigenvalue weighted by molar-refractivity contribution is 6.44. The Morgan fingerprint density at radius 2 is 1.63 bits per heavy atom. The quantitative estimate of drug-likeness (QED) is 0.299. The number of nitrogens with zero attached hydrogens (tertiary/aromatic N) is 1. The lowest BCUT2D eigenvalue weighted by Crippen LogP contribution is -3.12. The molecule has 2 aromatic rings. The minimum atomic E-state index is -1.15. The number of hydrogen-bond donors (Lipinski definition) is 1. The number of carbonyl (C=O) groups is 3. The second-order valence-corrected chi connectivity index (χ2v) is 8.65. The third-order valence-electron chi connectivity index (χ3n) is 6.84. The monoisotopic (exact) mass is 483 g/mol. The lowest BCUT2D eigenvalue weighted by atomic mass is 9.85. The van der Waals surface area contributed by atoms with E-state index in [2.05, 4.69) is 13.8 Å². The molecular formula is C27H35N2O6+. The van der Waals surface area contributed by atoms with Crippen molar-refractivity contribution in [1.29, 1.82) is 0 Å². The van der Waals surface area contributed by atoms with Gasteiger partial charge < -0.3 is 24.0 Å². The summed E-state index contributed by atoms with van der Waals surface area (Å²) in [7, 11) is 4.62. The Labute approximate surface area is 206 Å². The maximum Gasteiger partial charge on any atom is 0.291 e. The number of rotatable bonds is 11. The number of amides is 1. The Bertz CT molecular complexity index is 1100. The van der Waals surface area contributed by atoms with Gasteiger partial charge in [0.25, 0.3) is 5.91 Å². The van der Waals surface area contributed by atoms with Gasteiger partial charge in [-0.1, -0.05) is 6.07 Å². The summed E-state index contributed by atoms with van der Waals surface area (Å²) in [4.78, 5) is 43.2. The lowest BCUT2D eigenvalue weighted by Gasteiger charge is -2.29. The number of ether oxygens (including phenoxy) is 3. The molecule has 8 heteroatoms. The van der Waals surface area contributed by atoms with Crippen LogP contribution in [0, 0.1) is 12.8 Å². The first-order valence-electron chi connectivity index (χ1n) is 11.9. The van der Waals surface area contributed by atoms with Crippen LogP contribution in [0.5, 0.6) is 17.2 Å². The maximum absolute atomic E-state index is 13.8. The van der Waals surface area contributed by atoms with E-state index < -0.39 is 23.7 Å². The predicted octanol–water partition coefficient (Wildman–Crippen LogP) is 1.90. The van der Waals surface area contributed by atoms with Crippen molar-refractivity contribution in [1.82, 2.24) is 4.90 Å². The second-order valence-electron chi connectivity index (χ2n) is 8.65. The molecule has 1 aliphatic rings. The third-order valence-corrected chi connectivity index (χ3v) is 6.84. The first-order chi connectivity index (χ1) is 16.8. The Morgan fingerprint density at radius 1 is 0.943 bits per heavy atom. The second kappa shape index (κ2) is 11.4. The summed E-state index contributed by atoms with van der Waals surface area (Å²) in [5.41, 5.74) is 1.74. The average molecular weight is 484 g/mol. The Morgan fingerprint density at radius 3 is 2.20 bits per heavy atom. The van der Waals surface area contributed by atoms with Crippen LogP contribution in [-0.2, 0) is 9.59 Å². The molecule has 188 valence electrons. The van der Waals surface area contributed by atoms with Crippen molar-refractivity contribution in [3.63, 3.8) is 0 Å². The van der Waals surface area contributed by atoms with Crippen molar-refractivity contribution < 1.29 is 33.5 Å². The van der Waals surface area contributed by atoms with Crippen LogP contribution in [0.2, 0.25) is 0 Å². The van der Waals surface area contributed by atoms with Gasteiger partial charge in [0.1, 0.15) is 11.7 Å². The van der Waals surface area contributed by atoms with Gasteiger partial charge in [0.2, 0.25) is 5.78 Å². The standard InChI is InChI=1S/C27H34N2O6/c1-7-28(8-2)13-14-29-24(18-9-12-21(34-5)22(16-18)35-6)23(26(31)27(29)32)25(30)20-11-10-19(33-4)15-17(20)3/h9-12,15-16,23-24H,7-8,13-14H2,1-6H3/p+1. The van der Waals surface area contributed by atoms with Crippen molar-refractivity contribution >= 4 is 17.5 Å². The number of aryl methyl sites for hydroxylation is 1. The maximum atomic E-state index is 13.8. The van der Waals surface area contributed by atoms with Crippen LogP contribution in [-0.4, -0.2) is 69.9 Å². The van der Waals surface area contributed by atoms with Crippen LogP contribution < -0.4 is 19.1 Å². The van der Waals surface area contributed by atoms with Crippen molar-refractivity contribution in [2.24, 2.45) is 5.92 Å². The van der Waals surface area contributed by atoms with E-state index in [4.69, 9.17) is 14.2 Å².